The Morgan fingerprint density at radius 2 is 1.90 bits per heavy atom. The Morgan fingerprint density at radius 3 is 2.43 bits per heavy atom. The molecule has 0 saturated heterocycles. The van der Waals surface area contributed by atoms with Gasteiger partial charge in [-0.15, -0.1) is 11.3 Å². The summed E-state index contributed by atoms with van der Waals surface area (Å²) in [6.45, 7) is -0.253. The van der Waals surface area contributed by atoms with Gasteiger partial charge in [0.15, 0.2) is 0 Å². The minimum atomic E-state index is -3.84. The molecule has 0 unspecified atom stereocenters. The molecule has 2 aromatic rings. The summed E-state index contributed by atoms with van der Waals surface area (Å²) >= 11 is 15.3. The van der Waals surface area contributed by atoms with Gasteiger partial charge >= 0.3 is 11.9 Å². The van der Waals surface area contributed by atoms with Crippen LogP contribution in [-0.2, 0) is 22.1 Å². The third-order valence-electron chi connectivity index (χ3n) is 2.53. The first-order valence-electron chi connectivity index (χ1n) is 5.55. The number of benzene rings is 1. The zero-order valence-corrected chi connectivity index (χ0v) is 14.1. The van der Waals surface area contributed by atoms with Crippen LogP contribution in [0.25, 0.3) is 0 Å². The van der Waals surface area contributed by atoms with Gasteiger partial charge in [-0.2, -0.15) is 8.78 Å². The Kier molecular flexibility index (Phi) is 5.24. The molecule has 2 rings (SSSR count). The first-order chi connectivity index (χ1) is 9.80. The highest BCUT2D eigenvalue weighted by Gasteiger charge is 2.45. The largest absolute Gasteiger partial charge is 0.456 e. The molecule has 0 spiro atoms. The first kappa shape index (κ1) is 16.7. The van der Waals surface area contributed by atoms with Gasteiger partial charge in [-0.1, -0.05) is 51.3 Å². The Hall–Kier alpha value is -0.690. The number of carbonyl (C=O) groups is 1. The topological polar surface area (TPSA) is 26.3 Å². The molecule has 112 valence electrons. The molecule has 0 bridgehead atoms. The predicted molar refractivity (Wildman–Crippen MR) is 82.2 cm³/mol. The summed E-state index contributed by atoms with van der Waals surface area (Å²) < 4.78 is 33.3. The fourth-order valence-corrected chi connectivity index (χ4v) is 3.28. The summed E-state index contributed by atoms with van der Waals surface area (Å²) in [5, 5.41) is 0. The smallest absolute Gasteiger partial charge is 0.382 e. The summed E-state index contributed by atoms with van der Waals surface area (Å²) in [6, 6.07) is 7.72. The quantitative estimate of drug-likeness (QED) is 0.603. The van der Waals surface area contributed by atoms with Gasteiger partial charge in [0, 0.05) is 4.47 Å². The van der Waals surface area contributed by atoms with Crippen LogP contribution in [-0.4, -0.2) is 5.97 Å². The standard InChI is InChI=1S/C13H7BrCl2F2O2S/c14-8-3-1-7(2-4-8)6-20-12(19)13(17,18)9-5-10(15)21-11(9)16/h1-5H,6H2. The lowest BCUT2D eigenvalue weighted by molar-refractivity contribution is -0.175. The molecule has 1 aromatic heterocycles. The number of hydrogen-bond donors (Lipinski definition) is 0. The molecule has 0 aliphatic heterocycles. The molecule has 0 radical (unpaired) electrons. The van der Waals surface area contributed by atoms with E-state index in [9.17, 15) is 13.6 Å². The summed E-state index contributed by atoms with van der Waals surface area (Å²) in [4.78, 5) is 11.6. The van der Waals surface area contributed by atoms with Crippen molar-refractivity contribution in [3.63, 3.8) is 0 Å². The van der Waals surface area contributed by atoms with E-state index in [1.54, 1.807) is 24.3 Å². The van der Waals surface area contributed by atoms with E-state index >= 15 is 0 Å². The van der Waals surface area contributed by atoms with Crippen LogP contribution in [0.3, 0.4) is 0 Å². The number of halogens is 5. The molecular weight excluding hydrogens is 409 g/mol. The lowest BCUT2D eigenvalue weighted by Crippen LogP contribution is -2.28. The van der Waals surface area contributed by atoms with Crippen LogP contribution in [0.5, 0.6) is 0 Å². The maximum Gasteiger partial charge on any atom is 0.382 e. The van der Waals surface area contributed by atoms with Gasteiger partial charge < -0.3 is 4.74 Å². The van der Waals surface area contributed by atoms with Crippen LogP contribution in [0.2, 0.25) is 8.67 Å². The van der Waals surface area contributed by atoms with Gasteiger partial charge in [0.1, 0.15) is 10.9 Å². The fourth-order valence-electron chi connectivity index (χ4n) is 1.48. The van der Waals surface area contributed by atoms with Crippen LogP contribution in [0.15, 0.2) is 34.8 Å². The third-order valence-corrected chi connectivity index (χ3v) is 4.55. The molecule has 0 fully saturated rings. The van der Waals surface area contributed by atoms with E-state index in [-0.39, 0.29) is 15.3 Å². The molecule has 0 aliphatic rings. The fraction of sp³-hybridized carbons (Fsp3) is 0.154. The second kappa shape index (κ2) is 6.60. The van der Waals surface area contributed by atoms with E-state index in [2.05, 4.69) is 20.7 Å². The van der Waals surface area contributed by atoms with Crippen molar-refractivity contribution >= 4 is 56.4 Å². The van der Waals surface area contributed by atoms with Crippen LogP contribution in [0.4, 0.5) is 8.78 Å². The third kappa shape index (κ3) is 3.94. The van der Waals surface area contributed by atoms with Gasteiger partial charge in [-0.05, 0) is 23.8 Å². The number of hydrogen-bond acceptors (Lipinski definition) is 3. The van der Waals surface area contributed by atoms with Crippen LogP contribution in [0.1, 0.15) is 11.1 Å². The van der Waals surface area contributed by atoms with Crippen molar-refractivity contribution in [2.75, 3.05) is 0 Å². The number of alkyl halides is 2. The zero-order valence-electron chi connectivity index (χ0n) is 10.2. The van der Waals surface area contributed by atoms with Crippen molar-refractivity contribution in [3.05, 3.63) is 54.6 Å². The summed E-state index contributed by atoms with van der Waals surface area (Å²) in [5.41, 5.74) is -0.0447. The molecular formula is C13H7BrCl2F2O2S. The van der Waals surface area contributed by atoms with E-state index in [0.717, 1.165) is 21.9 Å². The van der Waals surface area contributed by atoms with Gasteiger partial charge in [-0.3, -0.25) is 0 Å². The average Bonchev–Trinajstić information content (AvgIpc) is 2.77. The summed E-state index contributed by atoms with van der Waals surface area (Å²) in [5.74, 6) is -5.50. The molecule has 1 aromatic carbocycles. The van der Waals surface area contributed by atoms with Crippen molar-refractivity contribution in [2.45, 2.75) is 12.5 Å². The van der Waals surface area contributed by atoms with Crippen molar-refractivity contribution in [1.29, 1.82) is 0 Å². The molecule has 0 atom stereocenters. The SMILES string of the molecule is O=C(OCc1ccc(Br)cc1)C(F)(F)c1cc(Cl)sc1Cl. The molecule has 8 heteroatoms. The summed E-state index contributed by atoms with van der Waals surface area (Å²) in [6.07, 6.45) is 0. The molecule has 0 saturated carbocycles. The first-order valence-corrected chi connectivity index (χ1v) is 7.92. The van der Waals surface area contributed by atoms with Crippen LogP contribution in [0, 0.1) is 0 Å². The highest BCUT2D eigenvalue weighted by atomic mass is 79.9. The van der Waals surface area contributed by atoms with E-state index < -0.39 is 17.5 Å². The van der Waals surface area contributed by atoms with E-state index in [1.807, 2.05) is 0 Å². The van der Waals surface area contributed by atoms with Crippen molar-refractivity contribution in [2.24, 2.45) is 0 Å². The van der Waals surface area contributed by atoms with Crippen molar-refractivity contribution < 1.29 is 18.3 Å². The maximum absolute atomic E-state index is 14.0. The highest BCUT2D eigenvalue weighted by Crippen LogP contribution is 2.41. The van der Waals surface area contributed by atoms with Crippen molar-refractivity contribution in [3.8, 4) is 0 Å². The van der Waals surface area contributed by atoms with E-state index in [1.165, 1.54) is 0 Å². The molecule has 0 aliphatic carbocycles. The molecule has 0 amide bonds. The van der Waals surface area contributed by atoms with Gasteiger partial charge in [0.25, 0.3) is 0 Å². The lowest BCUT2D eigenvalue weighted by Gasteiger charge is -2.14. The number of carbonyl (C=O) groups excluding carboxylic acids is 1. The minimum absolute atomic E-state index is 0.0791. The van der Waals surface area contributed by atoms with Gasteiger partial charge in [0.2, 0.25) is 0 Å². The highest BCUT2D eigenvalue weighted by molar-refractivity contribution is 9.10. The molecule has 21 heavy (non-hydrogen) atoms. The normalized spacial score (nSPS) is 11.5. The second-order valence-electron chi connectivity index (χ2n) is 4.01. The zero-order chi connectivity index (χ0) is 15.6. The molecule has 1 heterocycles. The monoisotopic (exact) mass is 414 g/mol. The van der Waals surface area contributed by atoms with Gasteiger partial charge in [0.05, 0.1) is 9.90 Å². The number of rotatable bonds is 4. The average molecular weight is 416 g/mol. The summed E-state index contributed by atoms with van der Waals surface area (Å²) in [7, 11) is 0. The predicted octanol–water partition coefficient (Wildman–Crippen LogP) is 5.65. The Bertz CT molecular complexity index is 659. The van der Waals surface area contributed by atoms with E-state index in [0.29, 0.717) is 5.56 Å². The van der Waals surface area contributed by atoms with Crippen LogP contribution >= 0.6 is 50.5 Å². The lowest BCUT2D eigenvalue weighted by atomic mass is 10.2. The van der Waals surface area contributed by atoms with E-state index in [4.69, 9.17) is 23.2 Å². The number of ether oxygens (including phenoxy) is 1. The Morgan fingerprint density at radius 1 is 1.29 bits per heavy atom. The molecule has 0 N–H and O–H groups in total. The Balaban J connectivity index is 2.08. The second-order valence-corrected chi connectivity index (χ2v) is 7.22. The number of esters is 1. The maximum atomic E-state index is 14.0. The van der Waals surface area contributed by atoms with Crippen LogP contribution < -0.4 is 0 Å². The van der Waals surface area contributed by atoms with Crippen molar-refractivity contribution in [1.82, 2.24) is 0 Å². The number of thiophene rings is 1. The Labute approximate surface area is 141 Å². The van der Waals surface area contributed by atoms with Gasteiger partial charge in [-0.25, -0.2) is 4.79 Å². The minimum Gasteiger partial charge on any atom is -0.456 e. The molecule has 2 nitrogen and oxygen atoms in total.